The minimum absolute atomic E-state index is 0.397. The van der Waals surface area contributed by atoms with Gasteiger partial charge in [0, 0.05) is 7.05 Å². The zero-order valence-electron chi connectivity index (χ0n) is 3.50. The number of hydrogen-bond acceptors (Lipinski definition) is 4. The van der Waals surface area contributed by atoms with E-state index >= 15 is 0 Å². The fourth-order valence-electron chi connectivity index (χ4n) is 0.0919. The molecule has 0 aliphatic carbocycles. The molecular formula is CH4FNO3S. The topological polar surface area (TPSA) is 46.6 Å². The molecule has 6 heteroatoms. The maximum absolute atomic E-state index is 11.2. The van der Waals surface area contributed by atoms with Crippen LogP contribution >= 0.6 is 0 Å². The predicted octanol–water partition coefficient (Wildman–Crippen LogP) is -0.739. The Kier molecular flexibility index (Phi) is 2.81. The summed E-state index contributed by atoms with van der Waals surface area (Å²) in [5.41, 5.74) is 0. The molecule has 0 fully saturated rings. The molecule has 0 spiro atoms. The molecule has 0 unspecified atom stereocenters. The normalized spacial score (nSPS) is 10.9. The first-order chi connectivity index (χ1) is 3.13. The van der Waals surface area contributed by atoms with Crippen molar-refractivity contribution < 1.29 is 17.2 Å². The van der Waals surface area contributed by atoms with Gasteiger partial charge in [-0.3, -0.25) is 0 Å². The van der Waals surface area contributed by atoms with Gasteiger partial charge in [0.15, 0.2) is 0 Å². The quantitative estimate of drug-likeness (QED) is 0.303. The van der Waals surface area contributed by atoms with Gasteiger partial charge < -0.3 is 0 Å². The molecule has 0 aromatic rings. The van der Waals surface area contributed by atoms with E-state index in [-0.39, 0.29) is 0 Å². The van der Waals surface area contributed by atoms with Crippen LogP contribution in [0.1, 0.15) is 0 Å². The number of nitrogens with zero attached hydrogens (tertiary/aromatic N) is 1. The molecule has 44 valence electrons. The third kappa shape index (κ3) is 5.80. The lowest BCUT2D eigenvalue weighted by molar-refractivity contribution is -0.178. The van der Waals surface area contributed by atoms with E-state index in [1.54, 1.807) is 0 Å². The van der Waals surface area contributed by atoms with Crippen molar-refractivity contribution >= 4 is 11.0 Å². The lowest BCUT2D eigenvalue weighted by atomic mass is 11.5. The molecule has 0 rings (SSSR count). The highest BCUT2D eigenvalue weighted by atomic mass is 32.2. The molecule has 0 bridgehead atoms. The zero-order valence-corrected chi connectivity index (χ0v) is 4.39. The molecule has 0 aliphatic rings. The SMILES string of the molecule is CN(F)O[SH](=O)=O. The van der Waals surface area contributed by atoms with Crippen LogP contribution in [0, 0.1) is 0 Å². The summed E-state index contributed by atoms with van der Waals surface area (Å²) < 4.78 is 33.2. The Morgan fingerprint density at radius 3 is 2.14 bits per heavy atom. The molecule has 0 N–H and O–H groups in total. The summed E-state index contributed by atoms with van der Waals surface area (Å²) >= 11 is 0. The van der Waals surface area contributed by atoms with E-state index in [1.165, 1.54) is 0 Å². The number of rotatable bonds is 2. The number of halogens is 1. The van der Waals surface area contributed by atoms with Crippen LogP contribution in [-0.2, 0) is 15.3 Å². The van der Waals surface area contributed by atoms with Gasteiger partial charge in [0.1, 0.15) is 0 Å². The predicted molar refractivity (Wildman–Crippen MR) is 20.3 cm³/mol. The number of hydrogen-bond donors (Lipinski definition) is 1. The van der Waals surface area contributed by atoms with Crippen molar-refractivity contribution in [3.63, 3.8) is 0 Å². The maximum Gasteiger partial charge on any atom is 0.275 e. The van der Waals surface area contributed by atoms with Crippen LogP contribution in [0.4, 0.5) is 4.48 Å². The van der Waals surface area contributed by atoms with E-state index in [1.807, 2.05) is 0 Å². The Morgan fingerprint density at radius 2 is 2.14 bits per heavy atom. The Bertz CT molecular complexity index is 102. The third-order valence-electron chi connectivity index (χ3n) is 0.179. The highest BCUT2D eigenvalue weighted by Crippen LogP contribution is 1.80. The van der Waals surface area contributed by atoms with E-state index in [9.17, 15) is 12.9 Å². The highest BCUT2D eigenvalue weighted by Gasteiger charge is 1.90. The van der Waals surface area contributed by atoms with Crippen molar-refractivity contribution in [1.82, 2.24) is 5.29 Å². The van der Waals surface area contributed by atoms with Crippen LogP contribution in [0.2, 0.25) is 0 Å². The molecule has 0 saturated heterocycles. The van der Waals surface area contributed by atoms with Crippen molar-refractivity contribution in [3.05, 3.63) is 0 Å². The van der Waals surface area contributed by atoms with Gasteiger partial charge in [-0.2, -0.15) is 0 Å². The Labute approximate surface area is 41.5 Å². The molecule has 0 aromatic heterocycles. The molecule has 0 radical (unpaired) electrons. The first-order valence-corrected chi connectivity index (χ1v) is 2.44. The molecule has 0 aromatic carbocycles. The standard InChI is InChI=1S/CH4FNO3S/c1-3(2)6-7(4)5/h7H,1H3. The Morgan fingerprint density at radius 1 is 1.71 bits per heavy atom. The van der Waals surface area contributed by atoms with E-state index in [2.05, 4.69) is 4.28 Å². The number of thiol groups is 1. The largest absolute Gasteiger partial charge is 0.275 e. The first-order valence-electron chi connectivity index (χ1n) is 1.35. The fraction of sp³-hybridized carbons (Fsp3) is 1.00. The molecule has 7 heavy (non-hydrogen) atoms. The van der Waals surface area contributed by atoms with Crippen molar-refractivity contribution in [3.8, 4) is 0 Å². The monoisotopic (exact) mass is 129 g/mol. The highest BCUT2D eigenvalue weighted by molar-refractivity contribution is 7.67. The van der Waals surface area contributed by atoms with Gasteiger partial charge in [-0.05, 0) is 5.29 Å². The van der Waals surface area contributed by atoms with E-state index in [0.717, 1.165) is 7.05 Å². The van der Waals surface area contributed by atoms with Gasteiger partial charge in [-0.15, -0.1) is 8.77 Å². The van der Waals surface area contributed by atoms with Crippen molar-refractivity contribution in [2.24, 2.45) is 0 Å². The van der Waals surface area contributed by atoms with Gasteiger partial charge in [-0.1, -0.05) is 0 Å². The smallest absolute Gasteiger partial charge is 0.201 e. The fourth-order valence-corrected chi connectivity index (χ4v) is 0.276. The Hall–Kier alpha value is -0.200. The van der Waals surface area contributed by atoms with Crippen LogP contribution in [0.5, 0.6) is 0 Å². The zero-order chi connectivity index (χ0) is 5.86. The molecular weight excluding hydrogens is 125 g/mol. The average molecular weight is 129 g/mol. The van der Waals surface area contributed by atoms with Gasteiger partial charge in [0.2, 0.25) is 0 Å². The summed E-state index contributed by atoms with van der Waals surface area (Å²) in [5.74, 6) is 0. The second-order valence-corrected chi connectivity index (χ2v) is 1.34. The molecule has 0 saturated carbocycles. The second kappa shape index (κ2) is 2.89. The lowest BCUT2D eigenvalue weighted by Crippen LogP contribution is -2.04. The van der Waals surface area contributed by atoms with Gasteiger partial charge in [0.25, 0.3) is 11.0 Å². The van der Waals surface area contributed by atoms with Crippen LogP contribution < -0.4 is 0 Å². The summed E-state index contributed by atoms with van der Waals surface area (Å²) in [7, 11) is -2.26. The van der Waals surface area contributed by atoms with Crippen LogP contribution in [0.3, 0.4) is 0 Å². The van der Waals surface area contributed by atoms with Gasteiger partial charge in [0.05, 0.1) is 0 Å². The number of hydroxylamine groups is 1. The van der Waals surface area contributed by atoms with E-state index < -0.39 is 16.3 Å². The minimum Gasteiger partial charge on any atom is -0.201 e. The van der Waals surface area contributed by atoms with E-state index in [4.69, 9.17) is 0 Å². The van der Waals surface area contributed by atoms with Gasteiger partial charge in [-0.25, -0.2) is 8.42 Å². The van der Waals surface area contributed by atoms with Crippen molar-refractivity contribution in [1.29, 1.82) is 0 Å². The average Bonchev–Trinajstić information content (AvgIpc) is 1.27. The second-order valence-electron chi connectivity index (χ2n) is 0.726. The van der Waals surface area contributed by atoms with E-state index in [0.29, 0.717) is 0 Å². The van der Waals surface area contributed by atoms with Crippen LogP contribution in [0.25, 0.3) is 0 Å². The molecule has 0 amide bonds. The summed E-state index contributed by atoms with van der Waals surface area (Å²) in [6.45, 7) is 0. The summed E-state index contributed by atoms with van der Waals surface area (Å²) in [4.78, 5) is 0. The summed E-state index contributed by atoms with van der Waals surface area (Å²) in [6.07, 6.45) is 0. The first kappa shape index (κ1) is 6.80. The van der Waals surface area contributed by atoms with Crippen molar-refractivity contribution in [2.75, 3.05) is 7.05 Å². The van der Waals surface area contributed by atoms with Crippen LogP contribution in [-0.4, -0.2) is 20.8 Å². The Balaban J connectivity index is 3.32. The minimum atomic E-state index is -3.09. The summed E-state index contributed by atoms with van der Waals surface area (Å²) in [5, 5.41) is -0.397. The molecule has 0 aliphatic heterocycles. The molecule has 4 nitrogen and oxygen atoms in total. The maximum atomic E-state index is 11.2. The molecule has 0 heterocycles. The van der Waals surface area contributed by atoms with Gasteiger partial charge >= 0.3 is 0 Å². The third-order valence-corrected chi connectivity index (χ3v) is 0.538. The lowest BCUT2D eigenvalue weighted by Gasteiger charge is -1.92. The van der Waals surface area contributed by atoms with Crippen LogP contribution in [0.15, 0.2) is 0 Å². The molecule has 0 atom stereocenters. The van der Waals surface area contributed by atoms with Crippen molar-refractivity contribution in [2.45, 2.75) is 0 Å². The summed E-state index contributed by atoms with van der Waals surface area (Å²) in [6, 6.07) is 0.